The van der Waals surface area contributed by atoms with Crippen LogP contribution in [0.1, 0.15) is 22.8 Å². The second kappa shape index (κ2) is 7.66. The van der Waals surface area contributed by atoms with Crippen LogP contribution in [0.2, 0.25) is 0 Å². The average molecular weight is 315 g/mol. The van der Waals surface area contributed by atoms with Gasteiger partial charge in [0.1, 0.15) is 0 Å². The van der Waals surface area contributed by atoms with Crippen LogP contribution in [0.15, 0.2) is 53.4 Å². The summed E-state index contributed by atoms with van der Waals surface area (Å²) >= 11 is 1.14. The molecule has 114 valence electrons. The van der Waals surface area contributed by atoms with Crippen molar-refractivity contribution in [2.24, 2.45) is 0 Å². The Morgan fingerprint density at radius 3 is 2.41 bits per heavy atom. The van der Waals surface area contributed by atoms with Crippen molar-refractivity contribution in [3.63, 3.8) is 0 Å². The van der Waals surface area contributed by atoms with E-state index in [0.717, 1.165) is 22.2 Å². The molecule has 0 spiro atoms. The summed E-state index contributed by atoms with van der Waals surface area (Å²) in [6, 6.07) is 14.3. The zero-order valence-electron chi connectivity index (χ0n) is 12.5. The Balaban J connectivity index is 1.97. The Morgan fingerprint density at radius 2 is 1.77 bits per heavy atom. The van der Waals surface area contributed by atoms with Crippen LogP contribution in [0.25, 0.3) is 0 Å². The number of carbonyl (C=O) groups is 2. The molecule has 0 aromatic heterocycles. The molecule has 2 aromatic rings. The van der Waals surface area contributed by atoms with E-state index in [1.807, 2.05) is 31.2 Å². The van der Waals surface area contributed by atoms with Crippen molar-refractivity contribution in [1.29, 1.82) is 0 Å². The summed E-state index contributed by atoms with van der Waals surface area (Å²) in [5.74, 6) is -0.366. The van der Waals surface area contributed by atoms with Gasteiger partial charge in [-0.15, -0.1) is 0 Å². The second-order valence-electron chi connectivity index (χ2n) is 4.58. The first-order valence-electron chi connectivity index (χ1n) is 6.92. The number of anilines is 1. The van der Waals surface area contributed by atoms with Gasteiger partial charge in [-0.3, -0.25) is 4.79 Å². The highest BCUT2D eigenvalue weighted by Crippen LogP contribution is 2.24. The maximum absolute atomic E-state index is 12.0. The molecule has 0 unspecified atom stereocenters. The van der Waals surface area contributed by atoms with Gasteiger partial charge in [0.25, 0.3) is 5.24 Å². The molecule has 0 aliphatic carbocycles. The van der Waals surface area contributed by atoms with Crippen molar-refractivity contribution in [3.05, 3.63) is 59.7 Å². The highest BCUT2D eigenvalue weighted by atomic mass is 32.2. The molecule has 22 heavy (non-hydrogen) atoms. The zero-order chi connectivity index (χ0) is 15.9. The van der Waals surface area contributed by atoms with Crippen molar-refractivity contribution < 1.29 is 14.3 Å². The first-order valence-corrected chi connectivity index (χ1v) is 7.73. The topological polar surface area (TPSA) is 55.4 Å². The Labute approximate surface area is 133 Å². The van der Waals surface area contributed by atoms with Crippen LogP contribution < -0.4 is 5.32 Å². The number of hydrogen-bond donors (Lipinski definition) is 1. The molecule has 0 atom stereocenters. The molecular weight excluding hydrogens is 298 g/mol. The predicted octanol–water partition coefficient (Wildman–Crippen LogP) is 4.50. The van der Waals surface area contributed by atoms with Gasteiger partial charge in [-0.25, -0.2) is 4.79 Å². The van der Waals surface area contributed by atoms with E-state index in [0.29, 0.717) is 17.9 Å². The standard InChI is InChI=1S/C17H17NO3S/c1-3-21-16(19)13-8-10-14(11-9-13)18-17(20)22-15-7-5-4-6-12(15)2/h4-11H,3H2,1-2H3,(H,18,20). The number of benzene rings is 2. The summed E-state index contributed by atoms with van der Waals surface area (Å²) in [6.07, 6.45) is 0. The van der Waals surface area contributed by atoms with Gasteiger partial charge in [0.2, 0.25) is 0 Å². The number of thioether (sulfide) groups is 1. The van der Waals surface area contributed by atoms with E-state index in [9.17, 15) is 9.59 Å². The van der Waals surface area contributed by atoms with Gasteiger partial charge in [-0.2, -0.15) is 0 Å². The highest BCUT2D eigenvalue weighted by molar-refractivity contribution is 8.14. The third-order valence-electron chi connectivity index (χ3n) is 2.94. The van der Waals surface area contributed by atoms with Crippen LogP contribution in [0.5, 0.6) is 0 Å². The van der Waals surface area contributed by atoms with Crippen LogP contribution in [-0.4, -0.2) is 17.8 Å². The first kappa shape index (κ1) is 16.1. The summed E-state index contributed by atoms with van der Waals surface area (Å²) in [6.45, 7) is 4.06. The van der Waals surface area contributed by atoms with Gasteiger partial charge in [-0.05, 0) is 61.5 Å². The second-order valence-corrected chi connectivity index (χ2v) is 5.59. The normalized spacial score (nSPS) is 10.1. The molecule has 2 aromatic carbocycles. The van der Waals surface area contributed by atoms with Crippen molar-refractivity contribution in [1.82, 2.24) is 0 Å². The SMILES string of the molecule is CCOC(=O)c1ccc(NC(=O)Sc2ccccc2C)cc1. The lowest BCUT2D eigenvalue weighted by Gasteiger charge is -2.07. The van der Waals surface area contributed by atoms with Gasteiger partial charge >= 0.3 is 5.97 Å². The molecule has 1 amide bonds. The highest BCUT2D eigenvalue weighted by Gasteiger charge is 2.09. The molecule has 0 saturated carbocycles. The van der Waals surface area contributed by atoms with E-state index in [-0.39, 0.29) is 11.2 Å². The number of rotatable bonds is 4. The summed E-state index contributed by atoms with van der Waals surface area (Å²) in [4.78, 5) is 24.5. The Morgan fingerprint density at radius 1 is 1.09 bits per heavy atom. The van der Waals surface area contributed by atoms with Crippen LogP contribution in [0.4, 0.5) is 10.5 Å². The number of nitrogens with one attached hydrogen (secondary N) is 1. The van der Waals surface area contributed by atoms with Crippen molar-refractivity contribution in [2.75, 3.05) is 11.9 Å². The van der Waals surface area contributed by atoms with E-state index in [4.69, 9.17) is 4.74 Å². The van der Waals surface area contributed by atoms with Crippen LogP contribution >= 0.6 is 11.8 Å². The summed E-state index contributed by atoms with van der Waals surface area (Å²) in [5.41, 5.74) is 2.16. The van der Waals surface area contributed by atoms with E-state index in [2.05, 4.69) is 5.32 Å². The number of aryl methyl sites for hydroxylation is 1. The predicted molar refractivity (Wildman–Crippen MR) is 88.5 cm³/mol. The lowest BCUT2D eigenvalue weighted by atomic mass is 10.2. The molecular formula is C17H17NO3S. The van der Waals surface area contributed by atoms with E-state index >= 15 is 0 Å². The van der Waals surface area contributed by atoms with E-state index in [1.165, 1.54) is 0 Å². The Hall–Kier alpha value is -2.27. The van der Waals surface area contributed by atoms with Crippen LogP contribution in [-0.2, 0) is 4.74 Å². The molecule has 5 heteroatoms. The van der Waals surface area contributed by atoms with Crippen molar-refractivity contribution >= 4 is 28.7 Å². The molecule has 1 N–H and O–H groups in total. The van der Waals surface area contributed by atoms with Gasteiger partial charge < -0.3 is 10.1 Å². The Kier molecular flexibility index (Phi) is 5.61. The average Bonchev–Trinajstić information content (AvgIpc) is 2.50. The third-order valence-corrected chi connectivity index (χ3v) is 3.90. The fourth-order valence-electron chi connectivity index (χ4n) is 1.82. The first-order chi connectivity index (χ1) is 10.6. The van der Waals surface area contributed by atoms with Crippen molar-refractivity contribution in [3.8, 4) is 0 Å². The minimum absolute atomic E-state index is 0.168. The molecule has 0 saturated heterocycles. The van der Waals surface area contributed by atoms with Crippen LogP contribution in [0.3, 0.4) is 0 Å². The monoisotopic (exact) mass is 315 g/mol. The number of carbonyl (C=O) groups excluding carboxylic acids is 2. The van der Waals surface area contributed by atoms with Gasteiger partial charge in [0.05, 0.1) is 12.2 Å². The third kappa shape index (κ3) is 4.36. The quantitative estimate of drug-likeness (QED) is 0.667. The summed E-state index contributed by atoms with van der Waals surface area (Å²) in [7, 11) is 0. The molecule has 0 radical (unpaired) electrons. The fourth-order valence-corrected chi connectivity index (χ4v) is 2.56. The maximum Gasteiger partial charge on any atom is 0.338 e. The van der Waals surface area contributed by atoms with Crippen LogP contribution in [0, 0.1) is 6.92 Å². The molecule has 2 rings (SSSR count). The Bertz CT molecular complexity index is 668. The number of esters is 1. The zero-order valence-corrected chi connectivity index (χ0v) is 13.3. The van der Waals surface area contributed by atoms with E-state index < -0.39 is 0 Å². The molecule has 0 aliphatic rings. The van der Waals surface area contributed by atoms with Gasteiger partial charge in [-0.1, -0.05) is 18.2 Å². The van der Waals surface area contributed by atoms with Crippen molar-refractivity contribution in [2.45, 2.75) is 18.7 Å². The largest absolute Gasteiger partial charge is 0.462 e. The molecule has 0 aliphatic heterocycles. The summed E-state index contributed by atoms with van der Waals surface area (Å²) in [5, 5.41) is 2.62. The number of amides is 1. The molecule has 0 heterocycles. The van der Waals surface area contributed by atoms with Gasteiger partial charge in [0.15, 0.2) is 0 Å². The fraction of sp³-hybridized carbons (Fsp3) is 0.176. The smallest absolute Gasteiger partial charge is 0.338 e. The lowest BCUT2D eigenvalue weighted by molar-refractivity contribution is 0.0526. The molecule has 4 nitrogen and oxygen atoms in total. The lowest BCUT2D eigenvalue weighted by Crippen LogP contribution is -2.07. The molecule has 0 fully saturated rings. The summed E-state index contributed by atoms with van der Waals surface area (Å²) < 4.78 is 4.91. The maximum atomic E-state index is 12.0. The number of ether oxygens (including phenoxy) is 1. The molecule has 0 bridgehead atoms. The van der Waals surface area contributed by atoms with E-state index in [1.54, 1.807) is 31.2 Å². The minimum Gasteiger partial charge on any atom is -0.462 e. The minimum atomic E-state index is -0.366. The number of hydrogen-bond acceptors (Lipinski definition) is 4. The van der Waals surface area contributed by atoms with Gasteiger partial charge in [0, 0.05) is 10.6 Å².